The van der Waals surface area contributed by atoms with Crippen LogP contribution in [0.3, 0.4) is 0 Å². The average molecular weight is 281 g/mol. The van der Waals surface area contributed by atoms with Crippen LogP contribution in [0.1, 0.15) is 39.4 Å². The van der Waals surface area contributed by atoms with E-state index in [1.807, 2.05) is 6.07 Å². The van der Waals surface area contributed by atoms with E-state index in [9.17, 15) is 0 Å². The van der Waals surface area contributed by atoms with Crippen LogP contribution in [-0.2, 0) is 12.0 Å². The van der Waals surface area contributed by atoms with Crippen LogP contribution in [0.25, 0.3) is 11.2 Å². The Hall–Kier alpha value is -1.13. The van der Waals surface area contributed by atoms with E-state index in [0.717, 1.165) is 42.9 Å². The second-order valence-electron chi connectivity index (χ2n) is 5.83. The Morgan fingerprint density at radius 1 is 1.32 bits per heavy atom. The van der Waals surface area contributed by atoms with Crippen molar-refractivity contribution in [2.24, 2.45) is 5.73 Å². The van der Waals surface area contributed by atoms with Crippen molar-refractivity contribution in [1.29, 1.82) is 0 Å². The van der Waals surface area contributed by atoms with E-state index in [0.29, 0.717) is 5.02 Å². The average Bonchev–Trinajstić information content (AvgIpc) is 2.67. The van der Waals surface area contributed by atoms with Crippen molar-refractivity contribution in [1.82, 2.24) is 14.5 Å². The number of hydrogen-bond acceptors (Lipinski definition) is 3. The maximum absolute atomic E-state index is 5.99. The van der Waals surface area contributed by atoms with Crippen LogP contribution in [0.5, 0.6) is 0 Å². The molecule has 0 aliphatic carbocycles. The Morgan fingerprint density at radius 3 is 2.68 bits per heavy atom. The molecule has 0 bridgehead atoms. The topological polar surface area (TPSA) is 56.7 Å². The largest absolute Gasteiger partial charge is 0.330 e. The molecule has 0 saturated carbocycles. The molecule has 0 saturated heterocycles. The Bertz CT molecular complexity index is 569. The number of pyridine rings is 1. The third kappa shape index (κ3) is 3.07. The standard InChI is InChI=1S/C14H21ClN4/c1-14(2,3)13-18-11-8-10(15)9-17-12(11)19(13)7-5-4-6-16/h8-9H,4-7,16H2,1-3H3. The van der Waals surface area contributed by atoms with Gasteiger partial charge in [-0.1, -0.05) is 32.4 Å². The monoisotopic (exact) mass is 280 g/mol. The first-order valence-electron chi connectivity index (χ1n) is 6.66. The molecule has 2 N–H and O–H groups in total. The van der Waals surface area contributed by atoms with Crippen LogP contribution >= 0.6 is 11.6 Å². The zero-order valence-electron chi connectivity index (χ0n) is 11.8. The van der Waals surface area contributed by atoms with Gasteiger partial charge in [0.2, 0.25) is 0 Å². The summed E-state index contributed by atoms with van der Waals surface area (Å²) in [7, 11) is 0. The summed E-state index contributed by atoms with van der Waals surface area (Å²) in [5, 5.41) is 0.625. The number of imidazole rings is 1. The summed E-state index contributed by atoms with van der Waals surface area (Å²) < 4.78 is 2.20. The Morgan fingerprint density at radius 2 is 2.05 bits per heavy atom. The highest BCUT2D eigenvalue weighted by molar-refractivity contribution is 6.31. The minimum absolute atomic E-state index is 0.0180. The zero-order valence-corrected chi connectivity index (χ0v) is 12.5. The molecule has 19 heavy (non-hydrogen) atoms. The quantitative estimate of drug-likeness (QED) is 0.876. The highest BCUT2D eigenvalue weighted by atomic mass is 35.5. The first kappa shape index (κ1) is 14.3. The SMILES string of the molecule is CC(C)(C)c1nc2cc(Cl)cnc2n1CCCCN. The fourth-order valence-electron chi connectivity index (χ4n) is 2.19. The number of fused-ring (bicyclic) bond motifs is 1. The van der Waals surface area contributed by atoms with Gasteiger partial charge in [0.25, 0.3) is 0 Å². The molecule has 5 heteroatoms. The minimum atomic E-state index is -0.0180. The molecule has 104 valence electrons. The molecule has 0 aliphatic rings. The summed E-state index contributed by atoms with van der Waals surface area (Å²) in [5.41, 5.74) is 7.32. The van der Waals surface area contributed by atoms with Gasteiger partial charge in [-0.15, -0.1) is 0 Å². The van der Waals surface area contributed by atoms with Crippen molar-refractivity contribution in [3.05, 3.63) is 23.1 Å². The lowest BCUT2D eigenvalue weighted by Crippen LogP contribution is -2.19. The summed E-state index contributed by atoms with van der Waals surface area (Å²) in [6.45, 7) is 8.10. The molecular weight excluding hydrogens is 260 g/mol. The lowest BCUT2D eigenvalue weighted by Gasteiger charge is -2.19. The summed E-state index contributed by atoms with van der Waals surface area (Å²) in [5.74, 6) is 1.05. The van der Waals surface area contributed by atoms with Crippen LogP contribution in [0.2, 0.25) is 5.02 Å². The summed E-state index contributed by atoms with van der Waals surface area (Å²) >= 11 is 5.99. The molecule has 2 aromatic rings. The molecule has 0 aliphatic heterocycles. The van der Waals surface area contributed by atoms with Gasteiger partial charge in [0, 0.05) is 18.2 Å². The van der Waals surface area contributed by atoms with Crippen LogP contribution in [0.15, 0.2) is 12.3 Å². The smallest absolute Gasteiger partial charge is 0.160 e. The molecule has 2 aromatic heterocycles. The summed E-state index contributed by atoms with van der Waals surface area (Å²) in [4.78, 5) is 9.14. The van der Waals surface area contributed by atoms with Gasteiger partial charge in [0.05, 0.1) is 5.02 Å². The Balaban J connectivity index is 2.49. The van der Waals surface area contributed by atoms with Gasteiger partial charge in [-0.25, -0.2) is 9.97 Å². The predicted octanol–water partition coefficient (Wildman–Crippen LogP) is 3.12. The summed E-state index contributed by atoms with van der Waals surface area (Å²) in [6.07, 6.45) is 3.73. The zero-order chi connectivity index (χ0) is 14.0. The number of aryl methyl sites for hydroxylation is 1. The van der Waals surface area contributed by atoms with Gasteiger partial charge in [-0.2, -0.15) is 0 Å². The molecular formula is C14H21ClN4. The number of rotatable bonds is 4. The van der Waals surface area contributed by atoms with Crippen molar-refractivity contribution < 1.29 is 0 Å². The normalized spacial score (nSPS) is 12.3. The lowest BCUT2D eigenvalue weighted by molar-refractivity contribution is 0.491. The molecule has 2 rings (SSSR count). The van der Waals surface area contributed by atoms with E-state index >= 15 is 0 Å². The molecule has 0 fully saturated rings. The number of unbranched alkanes of at least 4 members (excludes halogenated alkanes) is 1. The van der Waals surface area contributed by atoms with Crippen molar-refractivity contribution in [3.63, 3.8) is 0 Å². The number of nitrogens with two attached hydrogens (primary N) is 1. The predicted molar refractivity (Wildman–Crippen MR) is 79.5 cm³/mol. The second-order valence-corrected chi connectivity index (χ2v) is 6.27. The number of aromatic nitrogens is 3. The first-order valence-corrected chi connectivity index (χ1v) is 7.03. The van der Waals surface area contributed by atoms with E-state index in [1.54, 1.807) is 6.20 Å². The van der Waals surface area contributed by atoms with Crippen LogP contribution in [0.4, 0.5) is 0 Å². The number of halogens is 1. The molecule has 0 spiro atoms. The molecule has 0 radical (unpaired) electrons. The van der Waals surface area contributed by atoms with Gasteiger partial charge in [-0.3, -0.25) is 0 Å². The maximum Gasteiger partial charge on any atom is 0.160 e. The molecule has 2 heterocycles. The highest BCUT2D eigenvalue weighted by Gasteiger charge is 2.23. The van der Waals surface area contributed by atoms with Crippen LogP contribution in [0, 0.1) is 0 Å². The van der Waals surface area contributed by atoms with Crippen molar-refractivity contribution in [2.75, 3.05) is 6.54 Å². The van der Waals surface area contributed by atoms with Gasteiger partial charge >= 0.3 is 0 Å². The second kappa shape index (κ2) is 5.47. The van der Waals surface area contributed by atoms with E-state index in [1.165, 1.54) is 0 Å². The number of hydrogen-bond donors (Lipinski definition) is 1. The van der Waals surface area contributed by atoms with E-state index in [4.69, 9.17) is 22.3 Å². The molecule has 0 atom stereocenters. The first-order chi connectivity index (χ1) is 8.93. The lowest BCUT2D eigenvalue weighted by atomic mass is 9.95. The molecule has 0 aromatic carbocycles. The van der Waals surface area contributed by atoms with Gasteiger partial charge in [0.15, 0.2) is 5.65 Å². The maximum atomic E-state index is 5.99. The third-order valence-electron chi connectivity index (χ3n) is 3.06. The van der Waals surface area contributed by atoms with Crippen molar-refractivity contribution >= 4 is 22.8 Å². The van der Waals surface area contributed by atoms with E-state index < -0.39 is 0 Å². The van der Waals surface area contributed by atoms with Gasteiger partial charge in [0.1, 0.15) is 11.3 Å². The minimum Gasteiger partial charge on any atom is -0.330 e. The Labute approximate surface area is 119 Å². The highest BCUT2D eigenvalue weighted by Crippen LogP contribution is 2.27. The van der Waals surface area contributed by atoms with Crippen LogP contribution in [-0.4, -0.2) is 21.1 Å². The van der Waals surface area contributed by atoms with Crippen molar-refractivity contribution in [2.45, 2.75) is 45.6 Å². The van der Waals surface area contributed by atoms with E-state index in [2.05, 4.69) is 30.3 Å². The van der Waals surface area contributed by atoms with Gasteiger partial charge < -0.3 is 10.3 Å². The summed E-state index contributed by atoms with van der Waals surface area (Å²) in [6, 6.07) is 1.87. The van der Waals surface area contributed by atoms with Crippen LogP contribution < -0.4 is 5.73 Å². The third-order valence-corrected chi connectivity index (χ3v) is 3.26. The van der Waals surface area contributed by atoms with E-state index in [-0.39, 0.29) is 5.41 Å². The van der Waals surface area contributed by atoms with Crippen molar-refractivity contribution in [3.8, 4) is 0 Å². The molecule has 0 amide bonds. The molecule has 0 unspecified atom stereocenters. The number of nitrogens with zero attached hydrogens (tertiary/aromatic N) is 3. The Kier molecular flexibility index (Phi) is 4.11. The fourth-order valence-corrected chi connectivity index (χ4v) is 2.34. The molecule has 4 nitrogen and oxygen atoms in total. The fraction of sp³-hybridized carbons (Fsp3) is 0.571. The van der Waals surface area contributed by atoms with Gasteiger partial charge in [-0.05, 0) is 25.5 Å².